The van der Waals surface area contributed by atoms with Gasteiger partial charge in [-0.3, -0.25) is 9.48 Å². The molecule has 0 aliphatic carbocycles. The Labute approximate surface area is 132 Å². The lowest BCUT2D eigenvalue weighted by Crippen LogP contribution is -2.28. The van der Waals surface area contributed by atoms with Crippen molar-refractivity contribution >= 4 is 12.0 Å². The smallest absolute Gasteiger partial charge is 0.246 e. The van der Waals surface area contributed by atoms with Crippen LogP contribution >= 0.6 is 0 Å². The summed E-state index contributed by atoms with van der Waals surface area (Å²) in [6.07, 6.45) is 3.51. The molecule has 0 aliphatic heterocycles. The number of aromatic nitrogens is 2. The fraction of sp³-hybridized carbons (Fsp3) is 0.333. The Morgan fingerprint density at radius 2 is 1.95 bits per heavy atom. The van der Waals surface area contributed by atoms with E-state index in [2.05, 4.69) is 5.10 Å². The fourth-order valence-electron chi connectivity index (χ4n) is 2.44. The molecule has 0 saturated carbocycles. The van der Waals surface area contributed by atoms with Gasteiger partial charge in [-0.2, -0.15) is 5.10 Å². The Morgan fingerprint density at radius 1 is 1.27 bits per heavy atom. The van der Waals surface area contributed by atoms with Crippen LogP contribution in [0, 0.1) is 13.8 Å². The van der Waals surface area contributed by atoms with Gasteiger partial charge >= 0.3 is 0 Å². The van der Waals surface area contributed by atoms with Crippen LogP contribution in [-0.2, 0) is 18.4 Å². The average Bonchev–Trinajstić information content (AvgIpc) is 2.76. The van der Waals surface area contributed by atoms with Crippen molar-refractivity contribution in [3.8, 4) is 0 Å². The van der Waals surface area contributed by atoms with Gasteiger partial charge in [-0.25, -0.2) is 0 Å². The third-order valence-corrected chi connectivity index (χ3v) is 3.87. The third kappa shape index (κ3) is 3.64. The molecule has 0 atom stereocenters. The largest absolute Gasteiger partial charge is 0.335 e. The van der Waals surface area contributed by atoms with Gasteiger partial charge < -0.3 is 4.90 Å². The van der Waals surface area contributed by atoms with E-state index in [0.717, 1.165) is 22.5 Å². The topological polar surface area (TPSA) is 38.1 Å². The van der Waals surface area contributed by atoms with Gasteiger partial charge in [-0.15, -0.1) is 0 Å². The maximum atomic E-state index is 12.4. The first kappa shape index (κ1) is 16.0. The summed E-state index contributed by atoms with van der Waals surface area (Å²) in [5.41, 5.74) is 4.16. The predicted molar refractivity (Wildman–Crippen MR) is 89.2 cm³/mol. The van der Waals surface area contributed by atoms with Crippen molar-refractivity contribution in [2.45, 2.75) is 27.3 Å². The molecule has 0 N–H and O–H groups in total. The molecule has 0 fully saturated rings. The SMILES string of the molecule is CCN(Cc1ccccc1)C(=O)C=Cc1c(C)nn(C)c1C. The van der Waals surface area contributed by atoms with Crippen molar-refractivity contribution in [1.29, 1.82) is 0 Å². The van der Waals surface area contributed by atoms with Crippen molar-refractivity contribution in [2.75, 3.05) is 6.54 Å². The lowest BCUT2D eigenvalue weighted by Gasteiger charge is -2.19. The number of carbonyl (C=O) groups excluding carboxylic acids is 1. The van der Waals surface area contributed by atoms with Gasteiger partial charge in [0, 0.05) is 37.5 Å². The number of likely N-dealkylation sites (N-methyl/N-ethyl adjacent to an activating group) is 1. The quantitative estimate of drug-likeness (QED) is 0.795. The Kier molecular flexibility index (Phi) is 5.15. The number of benzene rings is 1. The molecular weight excluding hydrogens is 274 g/mol. The van der Waals surface area contributed by atoms with Gasteiger partial charge in [0.2, 0.25) is 5.91 Å². The van der Waals surface area contributed by atoms with E-state index in [1.54, 1.807) is 6.08 Å². The number of rotatable bonds is 5. The first-order valence-corrected chi connectivity index (χ1v) is 7.54. The molecule has 0 bridgehead atoms. The molecule has 1 amide bonds. The van der Waals surface area contributed by atoms with E-state index in [0.29, 0.717) is 13.1 Å². The van der Waals surface area contributed by atoms with Gasteiger partial charge in [-0.05, 0) is 32.4 Å². The van der Waals surface area contributed by atoms with Crippen molar-refractivity contribution in [3.63, 3.8) is 0 Å². The number of hydrogen-bond donors (Lipinski definition) is 0. The zero-order valence-electron chi connectivity index (χ0n) is 13.7. The molecule has 0 spiro atoms. The average molecular weight is 297 g/mol. The summed E-state index contributed by atoms with van der Waals surface area (Å²) in [5, 5.41) is 4.36. The normalized spacial score (nSPS) is 11.1. The summed E-state index contributed by atoms with van der Waals surface area (Å²) in [7, 11) is 1.91. The van der Waals surface area contributed by atoms with E-state index in [1.165, 1.54) is 0 Å². The van der Waals surface area contributed by atoms with E-state index in [4.69, 9.17) is 0 Å². The maximum absolute atomic E-state index is 12.4. The molecule has 2 rings (SSSR count). The van der Waals surface area contributed by atoms with Gasteiger partial charge in [0.05, 0.1) is 5.69 Å². The molecule has 1 aromatic carbocycles. The summed E-state index contributed by atoms with van der Waals surface area (Å²) in [4.78, 5) is 14.2. The van der Waals surface area contributed by atoms with Crippen LogP contribution in [0.4, 0.5) is 0 Å². The molecule has 4 nitrogen and oxygen atoms in total. The van der Waals surface area contributed by atoms with E-state index in [-0.39, 0.29) is 5.91 Å². The molecule has 2 aromatic rings. The molecular formula is C18H23N3O. The Morgan fingerprint density at radius 3 is 2.50 bits per heavy atom. The molecule has 22 heavy (non-hydrogen) atoms. The zero-order valence-corrected chi connectivity index (χ0v) is 13.7. The van der Waals surface area contributed by atoms with Gasteiger partial charge in [0.15, 0.2) is 0 Å². The summed E-state index contributed by atoms with van der Waals surface area (Å²) in [6.45, 7) is 7.27. The van der Waals surface area contributed by atoms with Crippen molar-refractivity contribution < 1.29 is 4.79 Å². The summed E-state index contributed by atoms with van der Waals surface area (Å²) >= 11 is 0. The molecule has 0 saturated heterocycles. The van der Waals surface area contributed by atoms with Crippen molar-refractivity contribution in [3.05, 3.63) is 58.9 Å². The minimum absolute atomic E-state index is 0.0222. The second-order valence-corrected chi connectivity index (χ2v) is 5.38. The molecule has 1 aromatic heterocycles. The second kappa shape index (κ2) is 7.07. The highest BCUT2D eigenvalue weighted by Gasteiger charge is 2.11. The van der Waals surface area contributed by atoms with Crippen LogP contribution in [-0.4, -0.2) is 27.1 Å². The molecule has 1 heterocycles. The number of nitrogens with zero attached hydrogens (tertiary/aromatic N) is 3. The highest BCUT2D eigenvalue weighted by Crippen LogP contribution is 2.14. The van der Waals surface area contributed by atoms with Crippen LogP contribution in [0.2, 0.25) is 0 Å². The van der Waals surface area contributed by atoms with Gasteiger partial charge in [-0.1, -0.05) is 30.3 Å². The number of carbonyl (C=O) groups is 1. The summed E-state index contributed by atoms with van der Waals surface area (Å²) < 4.78 is 1.83. The van der Waals surface area contributed by atoms with E-state index in [9.17, 15) is 4.79 Å². The van der Waals surface area contributed by atoms with Crippen LogP contribution < -0.4 is 0 Å². The third-order valence-electron chi connectivity index (χ3n) is 3.87. The van der Waals surface area contributed by atoms with Gasteiger partial charge in [0.25, 0.3) is 0 Å². The Hall–Kier alpha value is -2.36. The van der Waals surface area contributed by atoms with E-state index < -0.39 is 0 Å². The first-order chi connectivity index (χ1) is 10.5. The Bertz CT molecular complexity index is 671. The summed E-state index contributed by atoms with van der Waals surface area (Å²) in [6, 6.07) is 10.0. The molecule has 0 unspecified atom stereocenters. The molecule has 0 radical (unpaired) electrons. The minimum atomic E-state index is 0.0222. The lowest BCUT2D eigenvalue weighted by atomic mass is 10.1. The van der Waals surface area contributed by atoms with Crippen LogP contribution in [0.5, 0.6) is 0 Å². The maximum Gasteiger partial charge on any atom is 0.246 e. The fourth-order valence-corrected chi connectivity index (χ4v) is 2.44. The molecule has 4 heteroatoms. The number of hydrogen-bond acceptors (Lipinski definition) is 2. The standard InChI is InChI=1S/C18H23N3O/c1-5-21(13-16-9-7-6-8-10-16)18(22)12-11-17-14(2)19-20(4)15(17)3/h6-12H,5,13H2,1-4H3. The van der Waals surface area contributed by atoms with Gasteiger partial charge in [0.1, 0.15) is 0 Å². The van der Waals surface area contributed by atoms with Crippen LogP contribution in [0.15, 0.2) is 36.4 Å². The van der Waals surface area contributed by atoms with Crippen LogP contribution in [0.3, 0.4) is 0 Å². The van der Waals surface area contributed by atoms with Crippen LogP contribution in [0.1, 0.15) is 29.4 Å². The number of aryl methyl sites for hydroxylation is 2. The monoisotopic (exact) mass is 297 g/mol. The highest BCUT2D eigenvalue weighted by molar-refractivity contribution is 5.92. The lowest BCUT2D eigenvalue weighted by molar-refractivity contribution is -0.126. The number of amides is 1. The van der Waals surface area contributed by atoms with E-state index in [1.807, 2.05) is 73.8 Å². The predicted octanol–water partition coefficient (Wildman–Crippen LogP) is 3.10. The minimum Gasteiger partial charge on any atom is -0.335 e. The highest BCUT2D eigenvalue weighted by atomic mass is 16.2. The second-order valence-electron chi connectivity index (χ2n) is 5.38. The van der Waals surface area contributed by atoms with Crippen LogP contribution in [0.25, 0.3) is 6.08 Å². The summed E-state index contributed by atoms with van der Waals surface area (Å²) in [5.74, 6) is 0.0222. The Balaban J connectivity index is 2.10. The zero-order chi connectivity index (χ0) is 16.1. The van der Waals surface area contributed by atoms with Crippen molar-refractivity contribution in [2.24, 2.45) is 7.05 Å². The first-order valence-electron chi connectivity index (χ1n) is 7.54. The molecule has 0 aliphatic rings. The molecule has 116 valence electrons. The van der Waals surface area contributed by atoms with Crippen molar-refractivity contribution in [1.82, 2.24) is 14.7 Å². The van der Waals surface area contributed by atoms with E-state index >= 15 is 0 Å².